The van der Waals surface area contributed by atoms with Crippen LogP contribution in [0.3, 0.4) is 0 Å². The number of nitrogens with two attached hydrogens (primary N) is 1. The first kappa shape index (κ1) is 15.1. The quantitative estimate of drug-likeness (QED) is 0.627. The van der Waals surface area contributed by atoms with Crippen LogP contribution < -0.4 is 5.73 Å². The molecule has 1 aromatic heterocycles. The largest absolute Gasteiger partial charge is 0.385 e. The number of hydrogen-bond donors (Lipinski definition) is 2. The number of aryl methyl sites for hydroxylation is 1. The van der Waals surface area contributed by atoms with Crippen molar-refractivity contribution in [3.8, 4) is 11.3 Å². The molecule has 2 aromatic rings. The van der Waals surface area contributed by atoms with E-state index in [2.05, 4.69) is 9.97 Å². The number of aromatic amines is 1. The fourth-order valence-corrected chi connectivity index (χ4v) is 2.09. The van der Waals surface area contributed by atoms with E-state index in [0.29, 0.717) is 30.1 Å². The van der Waals surface area contributed by atoms with Gasteiger partial charge in [-0.25, -0.2) is 4.98 Å². The van der Waals surface area contributed by atoms with Crippen LogP contribution in [0.5, 0.6) is 0 Å². The number of nitrogens with one attached hydrogen (secondary N) is 1. The Labute approximate surface area is 122 Å². The number of hydrogen-bond acceptors (Lipinski definition) is 5. The van der Waals surface area contributed by atoms with Crippen molar-refractivity contribution >= 4 is 5.69 Å². The fourth-order valence-electron chi connectivity index (χ4n) is 2.09. The van der Waals surface area contributed by atoms with Gasteiger partial charge in [0.1, 0.15) is 5.82 Å². The van der Waals surface area contributed by atoms with Gasteiger partial charge in [0.2, 0.25) is 0 Å². The van der Waals surface area contributed by atoms with Gasteiger partial charge in [0.05, 0.1) is 16.7 Å². The highest BCUT2D eigenvalue weighted by molar-refractivity contribution is 5.64. The predicted molar refractivity (Wildman–Crippen MR) is 78.8 cm³/mol. The number of H-pyrrole nitrogens is 1. The van der Waals surface area contributed by atoms with Crippen LogP contribution in [0, 0.1) is 17.0 Å². The number of nitrogens with zero attached hydrogens (tertiary/aromatic N) is 2. The van der Waals surface area contributed by atoms with E-state index in [1.807, 2.05) is 6.92 Å². The lowest BCUT2D eigenvalue weighted by molar-refractivity contribution is -0.384. The van der Waals surface area contributed by atoms with Crippen molar-refractivity contribution in [2.75, 3.05) is 13.7 Å². The molecule has 1 aromatic carbocycles. The van der Waals surface area contributed by atoms with Gasteiger partial charge >= 0.3 is 0 Å². The highest BCUT2D eigenvalue weighted by Crippen LogP contribution is 2.26. The first-order valence-electron chi connectivity index (χ1n) is 6.58. The zero-order valence-electron chi connectivity index (χ0n) is 12.0. The van der Waals surface area contributed by atoms with E-state index in [1.165, 1.54) is 12.1 Å². The topological polar surface area (TPSA) is 107 Å². The minimum absolute atomic E-state index is 0.0418. The van der Waals surface area contributed by atoms with Crippen LogP contribution in [-0.4, -0.2) is 28.6 Å². The van der Waals surface area contributed by atoms with E-state index in [9.17, 15) is 10.1 Å². The van der Waals surface area contributed by atoms with E-state index in [4.69, 9.17) is 10.5 Å². The maximum absolute atomic E-state index is 10.8. The molecule has 21 heavy (non-hydrogen) atoms. The van der Waals surface area contributed by atoms with Gasteiger partial charge < -0.3 is 15.5 Å². The molecule has 7 heteroatoms. The molecule has 0 fully saturated rings. The van der Waals surface area contributed by atoms with Crippen molar-refractivity contribution in [3.05, 3.63) is 45.9 Å². The fraction of sp³-hybridized carbons (Fsp3) is 0.357. The summed E-state index contributed by atoms with van der Waals surface area (Å²) in [6.07, 6.45) is 0.651. The minimum Gasteiger partial charge on any atom is -0.385 e. The summed E-state index contributed by atoms with van der Waals surface area (Å²) in [4.78, 5) is 18.0. The second-order valence-electron chi connectivity index (χ2n) is 4.79. The molecule has 0 radical (unpaired) electrons. The smallest absolute Gasteiger partial charge is 0.270 e. The van der Waals surface area contributed by atoms with Gasteiger partial charge in [0.25, 0.3) is 5.69 Å². The Balaban J connectivity index is 2.30. The van der Waals surface area contributed by atoms with Crippen LogP contribution in [0.15, 0.2) is 24.3 Å². The summed E-state index contributed by atoms with van der Waals surface area (Å²) in [5, 5.41) is 10.8. The Morgan fingerprint density at radius 2 is 2.29 bits per heavy atom. The van der Waals surface area contributed by atoms with E-state index in [0.717, 1.165) is 5.69 Å². The molecule has 3 N–H and O–H groups in total. The van der Waals surface area contributed by atoms with Crippen molar-refractivity contribution < 1.29 is 9.66 Å². The van der Waals surface area contributed by atoms with Crippen LogP contribution in [0.25, 0.3) is 11.3 Å². The molecule has 0 bridgehead atoms. The zero-order chi connectivity index (χ0) is 15.4. The van der Waals surface area contributed by atoms with Crippen LogP contribution in [0.4, 0.5) is 5.69 Å². The number of non-ortho nitro benzene ring substituents is 1. The molecule has 1 heterocycles. The number of benzene rings is 1. The van der Waals surface area contributed by atoms with Gasteiger partial charge in [-0.3, -0.25) is 10.1 Å². The van der Waals surface area contributed by atoms with Gasteiger partial charge in [0, 0.05) is 37.1 Å². The number of imidazole rings is 1. The molecule has 0 aliphatic rings. The SMILES string of the molecule is COCCC(N)c1nc(-c2cccc([N+](=O)[O-])c2)c(C)[nH]1. The standard InChI is InChI=1S/C14H18N4O3/c1-9-13(10-4-3-5-11(8-10)18(19)20)17-14(16-9)12(15)6-7-21-2/h3-5,8,12H,6-7,15H2,1-2H3,(H,16,17). The molecule has 112 valence electrons. The van der Waals surface area contributed by atoms with E-state index in [1.54, 1.807) is 19.2 Å². The summed E-state index contributed by atoms with van der Waals surface area (Å²) in [5.41, 5.74) is 8.29. The normalized spacial score (nSPS) is 12.3. The molecule has 0 aliphatic carbocycles. The Kier molecular flexibility index (Phi) is 4.66. The summed E-state index contributed by atoms with van der Waals surface area (Å²) in [5.74, 6) is 0.658. The van der Waals surface area contributed by atoms with Crippen LogP contribution in [0.2, 0.25) is 0 Å². The third-order valence-electron chi connectivity index (χ3n) is 3.22. The second-order valence-corrected chi connectivity index (χ2v) is 4.79. The van der Waals surface area contributed by atoms with Gasteiger partial charge in [-0.1, -0.05) is 12.1 Å². The Bertz CT molecular complexity index is 639. The van der Waals surface area contributed by atoms with Crippen LogP contribution >= 0.6 is 0 Å². The van der Waals surface area contributed by atoms with Crippen LogP contribution in [-0.2, 0) is 4.74 Å². The van der Waals surface area contributed by atoms with E-state index >= 15 is 0 Å². The first-order valence-corrected chi connectivity index (χ1v) is 6.58. The van der Waals surface area contributed by atoms with Crippen molar-refractivity contribution in [1.82, 2.24) is 9.97 Å². The molecule has 2 rings (SSSR count). The highest BCUT2D eigenvalue weighted by Gasteiger charge is 2.16. The van der Waals surface area contributed by atoms with Crippen molar-refractivity contribution in [2.45, 2.75) is 19.4 Å². The maximum atomic E-state index is 10.8. The molecule has 7 nitrogen and oxygen atoms in total. The molecule has 0 saturated heterocycles. The highest BCUT2D eigenvalue weighted by atomic mass is 16.6. The van der Waals surface area contributed by atoms with Gasteiger partial charge in [-0.15, -0.1) is 0 Å². The van der Waals surface area contributed by atoms with Crippen molar-refractivity contribution in [2.24, 2.45) is 5.73 Å². The second kappa shape index (κ2) is 6.47. The summed E-state index contributed by atoms with van der Waals surface area (Å²) in [6.45, 7) is 2.42. The lowest BCUT2D eigenvalue weighted by Crippen LogP contribution is -2.14. The molecule has 0 saturated carbocycles. The third-order valence-corrected chi connectivity index (χ3v) is 3.22. The molecule has 1 unspecified atom stereocenters. The number of ether oxygens (including phenoxy) is 1. The monoisotopic (exact) mass is 290 g/mol. The summed E-state index contributed by atoms with van der Waals surface area (Å²) < 4.78 is 5.00. The maximum Gasteiger partial charge on any atom is 0.270 e. The lowest BCUT2D eigenvalue weighted by atomic mass is 10.1. The van der Waals surface area contributed by atoms with Crippen LogP contribution in [0.1, 0.15) is 24.0 Å². The molecule has 0 spiro atoms. The summed E-state index contributed by atoms with van der Waals surface area (Å²) >= 11 is 0. The molecular formula is C14H18N4O3. The van der Waals surface area contributed by atoms with E-state index in [-0.39, 0.29) is 11.7 Å². The zero-order valence-corrected chi connectivity index (χ0v) is 12.0. The van der Waals surface area contributed by atoms with Gasteiger partial charge in [-0.05, 0) is 13.3 Å². The first-order chi connectivity index (χ1) is 10.0. The van der Waals surface area contributed by atoms with E-state index < -0.39 is 4.92 Å². The molecule has 1 atom stereocenters. The summed E-state index contributed by atoms with van der Waals surface area (Å²) in [7, 11) is 1.62. The molecule has 0 aliphatic heterocycles. The predicted octanol–water partition coefficient (Wildman–Crippen LogP) is 2.33. The van der Waals surface area contributed by atoms with Gasteiger partial charge in [-0.2, -0.15) is 0 Å². The average Bonchev–Trinajstić information content (AvgIpc) is 2.87. The Morgan fingerprint density at radius 1 is 1.52 bits per heavy atom. The average molecular weight is 290 g/mol. The number of rotatable bonds is 6. The number of nitro groups is 1. The summed E-state index contributed by atoms with van der Waals surface area (Å²) in [6, 6.07) is 6.15. The minimum atomic E-state index is -0.420. The number of nitro benzene ring substituents is 1. The third kappa shape index (κ3) is 3.45. The van der Waals surface area contributed by atoms with Crippen molar-refractivity contribution in [1.29, 1.82) is 0 Å². The Hall–Kier alpha value is -2.25. The molecular weight excluding hydrogens is 272 g/mol. The Morgan fingerprint density at radius 3 is 2.95 bits per heavy atom. The molecule has 0 amide bonds. The lowest BCUT2D eigenvalue weighted by Gasteiger charge is -2.06. The van der Waals surface area contributed by atoms with Crippen molar-refractivity contribution in [3.63, 3.8) is 0 Å². The number of methoxy groups -OCH3 is 1. The van der Waals surface area contributed by atoms with Gasteiger partial charge in [0.15, 0.2) is 0 Å². The number of aromatic nitrogens is 2.